The minimum Gasteiger partial charge on any atom is -0.355 e. The van der Waals surface area contributed by atoms with Crippen molar-refractivity contribution in [2.75, 3.05) is 19.4 Å². The van der Waals surface area contributed by atoms with E-state index in [1.54, 1.807) is 19.2 Å². The number of nitrogens with one attached hydrogen (secondary N) is 2. The summed E-state index contributed by atoms with van der Waals surface area (Å²) in [5, 5.41) is 5.27. The standard InChI is InChI=1S/C10H9BrN2O2.CH5N/c1-12-10(15)6-2-5-3-9(14)13-8(5)4-7(6)11;1-2/h2,4H,3H2,1H3,(H,12,15)(H,13,14);2H2,1H3. The number of carbonyl (C=O) groups excluding carboxylic acids is 2. The largest absolute Gasteiger partial charge is 0.355 e. The van der Waals surface area contributed by atoms with Crippen LogP contribution in [0.15, 0.2) is 16.6 Å². The average molecular weight is 300 g/mol. The lowest BCUT2D eigenvalue weighted by Crippen LogP contribution is -2.18. The molecule has 1 aliphatic heterocycles. The van der Waals surface area contributed by atoms with Crippen LogP contribution in [0.25, 0.3) is 0 Å². The molecule has 0 fully saturated rings. The molecular formula is C11H14BrN3O2. The Bertz CT molecular complexity index is 460. The smallest absolute Gasteiger partial charge is 0.252 e. The third-order valence-electron chi connectivity index (χ3n) is 2.29. The monoisotopic (exact) mass is 299 g/mol. The zero-order valence-corrected chi connectivity index (χ0v) is 11.2. The molecule has 1 aromatic carbocycles. The molecule has 6 heteroatoms. The number of carbonyl (C=O) groups is 2. The van der Waals surface area contributed by atoms with Crippen LogP contribution in [0.4, 0.5) is 5.69 Å². The highest BCUT2D eigenvalue weighted by Gasteiger charge is 2.21. The maximum Gasteiger partial charge on any atom is 0.252 e. The van der Waals surface area contributed by atoms with Crippen molar-refractivity contribution in [3.63, 3.8) is 0 Å². The summed E-state index contributed by atoms with van der Waals surface area (Å²) in [6.07, 6.45) is 0.340. The first-order valence-electron chi connectivity index (χ1n) is 5.04. The van der Waals surface area contributed by atoms with Crippen LogP contribution < -0.4 is 16.4 Å². The van der Waals surface area contributed by atoms with Gasteiger partial charge in [-0.05, 0) is 40.7 Å². The van der Waals surface area contributed by atoms with Crippen molar-refractivity contribution in [1.29, 1.82) is 0 Å². The summed E-state index contributed by atoms with van der Waals surface area (Å²) in [7, 11) is 3.07. The highest BCUT2D eigenvalue weighted by molar-refractivity contribution is 9.10. The molecule has 1 aliphatic rings. The van der Waals surface area contributed by atoms with E-state index in [1.807, 2.05) is 0 Å². The third kappa shape index (κ3) is 2.83. The predicted octanol–water partition coefficient (Wildman–Crippen LogP) is 0.878. The molecule has 0 atom stereocenters. The van der Waals surface area contributed by atoms with Gasteiger partial charge in [-0.15, -0.1) is 0 Å². The fourth-order valence-corrected chi connectivity index (χ4v) is 2.08. The van der Waals surface area contributed by atoms with Crippen LogP contribution in [-0.4, -0.2) is 25.9 Å². The van der Waals surface area contributed by atoms with Crippen molar-refractivity contribution >= 4 is 33.4 Å². The summed E-state index contributed by atoms with van der Waals surface area (Å²) >= 11 is 3.30. The SMILES string of the molecule is CN.CNC(=O)c1cc2c(cc1Br)NC(=O)C2. The van der Waals surface area contributed by atoms with Crippen LogP contribution in [0.1, 0.15) is 15.9 Å². The van der Waals surface area contributed by atoms with Gasteiger partial charge in [0.2, 0.25) is 5.91 Å². The van der Waals surface area contributed by atoms with E-state index in [0.29, 0.717) is 16.5 Å². The Hall–Kier alpha value is -1.40. The third-order valence-corrected chi connectivity index (χ3v) is 2.95. The summed E-state index contributed by atoms with van der Waals surface area (Å²) in [4.78, 5) is 22.6. The van der Waals surface area contributed by atoms with E-state index in [4.69, 9.17) is 0 Å². The van der Waals surface area contributed by atoms with Crippen LogP contribution >= 0.6 is 15.9 Å². The van der Waals surface area contributed by atoms with Crippen LogP contribution in [-0.2, 0) is 11.2 Å². The van der Waals surface area contributed by atoms with Crippen molar-refractivity contribution in [3.8, 4) is 0 Å². The van der Waals surface area contributed by atoms with E-state index in [2.05, 4.69) is 32.3 Å². The Morgan fingerprint density at radius 2 is 2.12 bits per heavy atom. The highest BCUT2D eigenvalue weighted by Crippen LogP contribution is 2.29. The number of nitrogens with two attached hydrogens (primary N) is 1. The molecule has 0 bridgehead atoms. The summed E-state index contributed by atoms with van der Waals surface area (Å²) < 4.78 is 0.683. The molecule has 2 amide bonds. The van der Waals surface area contributed by atoms with Crippen molar-refractivity contribution in [1.82, 2.24) is 5.32 Å². The molecule has 2 rings (SSSR count). The number of benzene rings is 1. The van der Waals surface area contributed by atoms with Crippen LogP contribution in [0.2, 0.25) is 0 Å². The summed E-state index contributed by atoms with van der Waals surface area (Å²) in [6, 6.07) is 3.49. The fourth-order valence-electron chi connectivity index (χ4n) is 1.56. The zero-order valence-electron chi connectivity index (χ0n) is 9.63. The molecule has 0 aliphatic carbocycles. The molecule has 1 aromatic rings. The fraction of sp³-hybridized carbons (Fsp3) is 0.273. The van der Waals surface area contributed by atoms with Gasteiger partial charge in [-0.1, -0.05) is 0 Å². The van der Waals surface area contributed by atoms with Crippen molar-refractivity contribution in [2.24, 2.45) is 5.73 Å². The van der Waals surface area contributed by atoms with Crippen molar-refractivity contribution in [3.05, 3.63) is 27.7 Å². The van der Waals surface area contributed by atoms with E-state index >= 15 is 0 Å². The van der Waals surface area contributed by atoms with E-state index < -0.39 is 0 Å². The molecule has 0 radical (unpaired) electrons. The minimum atomic E-state index is -0.163. The lowest BCUT2D eigenvalue weighted by atomic mass is 10.1. The van der Waals surface area contributed by atoms with Crippen LogP contribution in [0, 0.1) is 0 Å². The van der Waals surface area contributed by atoms with Gasteiger partial charge in [0.1, 0.15) is 0 Å². The number of fused-ring (bicyclic) bond motifs is 1. The Morgan fingerprint density at radius 3 is 2.71 bits per heavy atom. The molecule has 92 valence electrons. The van der Waals surface area contributed by atoms with Crippen molar-refractivity contribution in [2.45, 2.75) is 6.42 Å². The van der Waals surface area contributed by atoms with Gasteiger partial charge >= 0.3 is 0 Å². The minimum absolute atomic E-state index is 0.0362. The Morgan fingerprint density at radius 1 is 1.47 bits per heavy atom. The first-order valence-corrected chi connectivity index (χ1v) is 5.83. The second-order valence-electron chi connectivity index (χ2n) is 3.29. The van der Waals surface area contributed by atoms with Gasteiger partial charge in [0.15, 0.2) is 0 Å². The van der Waals surface area contributed by atoms with Gasteiger partial charge in [0.05, 0.1) is 12.0 Å². The Kier molecular flexibility index (Phi) is 4.65. The van der Waals surface area contributed by atoms with E-state index in [0.717, 1.165) is 11.3 Å². The zero-order chi connectivity index (χ0) is 13.0. The van der Waals surface area contributed by atoms with Gasteiger partial charge in [0, 0.05) is 17.2 Å². The van der Waals surface area contributed by atoms with Crippen molar-refractivity contribution < 1.29 is 9.59 Å². The lowest BCUT2D eigenvalue weighted by Gasteiger charge is -2.05. The molecule has 0 spiro atoms. The molecule has 0 unspecified atom stereocenters. The molecular weight excluding hydrogens is 286 g/mol. The summed E-state index contributed by atoms with van der Waals surface area (Å²) in [5.74, 6) is -0.199. The van der Waals surface area contributed by atoms with Crippen LogP contribution in [0.5, 0.6) is 0 Å². The lowest BCUT2D eigenvalue weighted by molar-refractivity contribution is -0.115. The molecule has 0 aromatic heterocycles. The number of rotatable bonds is 1. The number of amides is 2. The van der Waals surface area contributed by atoms with Gasteiger partial charge in [-0.2, -0.15) is 0 Å². The molecule has 0 saturated heterocycles. The van der Waals surface area contributed by atoms with E-state index in [1.165, 1.54) is 7.05 Å². The maximum absolute atomic E-state index is 11.5. The second kappa shape index (κ2) is 5.79. The summed E-state index contributed by atoms with van der Waals surface area (Å²) in [6.45, 7) is 0. The Balaban J connectivity index is 0.000000686. The Labute approximate surface area is 108 Å². The highest BCUT2D eigenvalue weighted by atomic mass is 79.9. The topological polar surface area (TPSA) is 84.2 Å². The molecule has 4 N–H and O–H groups in total. The normalized spacial score (nSPS) is 12.1. The first kappa shape index (κ1) is 13.7. The van der Waals surface area contributed by atoms with E-state index in [9.17, 15) is 9.59 Å². The number of hydrogen-bond acceptors (Lipinski definition) is 3. The quantitative estimate of drug-likeness (QED) is 0.720. The molecule has 0 saturated carbocycles. The number of anilines is 1. The molecule has 1 heterocycles. The van der Waals surface area contributed by atoms with Gasteiger partial charge in [-0.3, -0.25) is 9.59 Å². The first-order chi connectivity index (χ1) is 8.11. The summed E-state index contributed by atoms with van der Waals surface area (Å²) in [5.41, 5.74) is 6.69. The number of halogens is 1. The van der Waals surface area contributed by atoms with Gasteiger partial charge in [-0.25, -0.2) is 0 Å². The maximum atomic E-state index is 11.5. The van der Waals surface area contributed by atoms with Crippen LogP contribution in [0.3, 0.4) is 0 Å². The molecule has 17 heavy (non-hydrogen) atoms. The predicted molar refractivity (Wildman–Crippen MR) is 70.0 cm³/mol. The second-order valence-corrected chi connectivity index (χ2v) is 4.15. The van der Waals surface area contributed by atoms with Gasteiger partial charge in [0.25, 0.3) is 5.91 Å². The van der Waals surface area contributed by atoms with Gasteiger partial charge < -0.3 is 16.4 Å². The van der Waals surface area contributed by atoms with E-state index in [-0.39, 0.29) is 11.8 Å². The average Bonchev–Trinajstić information content (AvgIpc) is 2.69. The number of hydrogen-bond donors (Lipinski definition) is 3. The molecule has 5 nitrogen and oxygen atoms in total.